The average molecular weight is 237 g/mol. The van der Waals surface area contributed by atoms with Crippen LogP contribution in [0.15, 0.2) is 12.1 Å². The fraction of sp³-hybridized carbons (Fsp3) is 0.333. The number of carbonyl (C=O) groups excluding carboxylic acids is 1. The molecule has 0 radical (unpaired) electrons. The highest BCUT2D eigenvalue weighted by atomic mass is 19.1. The van der Waals surface area contributed by atoms with Gasteiger partial charge >= 0.3 is 5.97 Å². The van der Waals surface area contributed by atoms with E-state index in [9.17, 15) is 14.0 Å². The number of rotatable bonds is 1. The summed E-state index contributed by atoms with van der Waals surface area (Å²) < 4.78 is 14.1. The molecule has 0 aliphatic carbocycles. The van der Waals surface area contributed by atoms with Crippen LogP contribution in [0.4, 0.5) is 10.1 Å². The molecule has 4 nitrogen and oxygen atoms in total. The number of aryl methyl sites for hydroxylation is 2. The SMILES string of the molecule is Cc1ccc(C)c2c1NCC(F)(C(=O)O)C2=O. The summed E-state index contributed by atoms with van der Waals surface area (Å²) in [4.78, 5) is 22.8. The van der Waals surface area contributed by atoms with Crippen LogP contribution in [-0.4, -0.2) is 29.1 Å². The minimum absolute atomic E-state index is 0.140. The quantitative estimate of drug-likeness (QED) is 0.729. The number of alkyl halides is 1. The van der Waals surface area contributed by atoms with Crippen molar-refractivity contribution in [3.63, 3.8) is 0 Å². The van der Waals surface area contributed by atoms with E-state index < -0.39 is 24.0 Å². The summed E-state index contributed by atoms with van der Waals surface area (Å²) in [6.07, 6.45) is 0. The van der Waals surface area contributed by atoms with E-state index in [1.807, 2.05) is 0 Å². The summed E-state index contributed by atoms with van der Waals surface area (Å²) in [6.45, 7) is 2.91. The van der Waals surface area contributed by atoms with E-state index in [1.54, 1.807) is 26.0 Å². The fourth-order valence-corrected chi connectivity index (χ4v) is 1.99. The lowest BCUT2D eigenvalue weighted by Gasteiger charge is -2.29. The number of hydrogen-bond acceptors (Lipinski definition) is 3. The van der Waals surface area contributed by atoms with Crippen LogP contribution in [0, 0.1) is 13.8 Å². The number of aliphatic carboxylic acids is 1. The zero-order valence-corrected chi connectivity index (χ0v) is 9.50. The molecular formula is C12H12FNO3. The van der Waals surface area contributed by atoms with Crippen molar-refractivity contribution >= 4 is 17.4 Å². The Bertz CT molecular complexity index is 527. The topological polar surface area (TPSA) is 66.4 Å². The Kier molecular flexibility index (Phi) is 2.41. The lowest BCUT2D eigenvalue weighted by atomic mass is 9.86. The second-order valence-corrected chi connectivity index (χ2v) is 4.24. The standard InChI is InChI=1S/C12H12FNO3/c1-6-3-4-7(2)9-8(6)10(15)12(13,5-14-9)11(16)17/h3-4,14H,5H2,1-2H3,(H,16,17). The lowest BCUT2D eigenvalue weighted by molar-refractivity contribution is -0.146. The number of halogens is 1. The lowest BCUT2D eigenvalue weighted by Crippen LogP contribution is -2.51. The molecule has 0 spiro atoms. The van der Waals surface area contributed by atoms with Crippen LogP contribution in [-0.2, 0) is 4.79 Å². The first-order valence-corrected chi connectivity index (χ1v) is 5.19. The van der Waals surface area contributed by atoms with E-state index in [0.29, 0.717) is 11.3 Å². The van der Waals surface area contributed by atoms with Crippen LogP contribution in [0.3, 0.4) is 0 Å². The number of hydrogen-bond donors (Lipinski definition) is 2. The van der Waals surface area contributed by atoms with Gasteiger partial charge in [0.25, 0.3) is 5.67 Å². The maximum Gasteiger partial charge on any atom is 0.351 e. The van der Waals surface area contributed by atoms with Crippen molar-refractivity contribution in [1.82, 2.24) is 0 Å². The number of benzene rings is 1. The molecule has 0 aromatic heterocycles. The summed E-state index contributed by atoms with van der Waals surface area (Å²) in [6, 6.07) is 3.49. The molecule has 1 aromatic rings. The van der Waals surface area contributed by atoms with Gasteiger partial charge in [-0.3, -0.25) is 4.79 Å². The Morgan fingerprint density at radius 2 is 2.00 bits per heavy atom. The van der Waals surface area contributed by atoms with E-state index in [1.165, 1.54) is 0 Å². The first-order valence-electron chi connectivity index (χ1n) is 5.19. The molecule has 0 bridgehead atoms. The Hall–Kier alpha value is -1.91. The van der Waals surface area contributed by atoms with Gasteiger partial charge in [-0.05, 0) is 25.0 Å². The fourth-order valence-electron chi connectivity index (χ4n) is 1.99. The van der Waals surface area contributed by atoms with Crippen molar-refractivity contribution in [3.8, 4) is 0 Å². The van der Waals surface area contributed by atoms with Crippen LogP contribution in [0.25, 0.3) is 0 Å². The van der Waals surface area contributed by atoms with Gasteiger partial charge in [0.1, 0.15) is 0 Å². The van der Waals surface area contributed by atoms with E-state index in [4.69, 9.17) is 5.11 Å². The summed E-state index contributed by atoms with van der Waals surface area (Å²) >= 11 is 0. The summed E-state index contributed by atoms with van der Waals surface area (Å²) in [7, 11) is 0. The highest BCUT2D eigenvalue weighted by Crippen LogP contribution is 2.34. The minimum Gasteiger partial charge on any atom is -0.478 e. The Balaban J connectivity index is 2.64. The molecule has 90 valence electrons. The van der Waals surface area contributed by atoms with Crippen molar-refractivity contribution in [2.75, 3.05) is 11.9 Å². The van der Waals surface area contributed by atoms with E-state index >= 15 is 0 Å². The predicted octanol–water partition coefficient (Wildman–Crippen LogP) is 1.70. The van der Waals surface area contributed by atoms with Gasteiger partial charge in [0.15, 0.2) is 0 Å². The van der Waals surface area contributed by atoms with Gasteiger partial charge in [-0.1, -0.05) is 12.1 Å². The zero-order valence-electron chi connectivity index (χ0n) is 9.50. The number of nitrogens with one attached hydrogen (secondary N) is 1. The van der Waals surface area contributed by atoms with Gasteiger partial charge < -0.3 is 10.4 Å². The number of anilines is 1. The first kappa shape index (κ1) is 11.6. The molecule has 1 aliphatic heterocycles. The molecule has 1 atom stereocenters. The molecule has 2 rings (SSSR count). The molecule has 1 aromatic carbocycles. The normalized spacial score (nSPS) is 22.9. The average Bonchev–Trinajstić information content (AvgIpc) is 2.27. The Labute approximate surface area is 97.4 Å². The van der Waals surface area contributed by atoms with E-state index in [-0.39, 0.29) is 5.56 Å². The number of ketones is 1. The molecule has 0 amide bonds. The van der Waals surface area contributed by atoms with Crippen molar-refractivity contribution in [1.29, 1.82) is 0 Å². The molecule has 0 saturated heterocycles. The molecule has 0 fully saturated rings. The van der Waals surface area contributed by atoms with Crippen LogP contribution < -0.4 is 5.32 Å². The summed E-state index contributed by atoms with van der Waals surface area (Å²) in [5.74, 6) is -2.72. The van der Waals surface area contributed by atoms with Gasteiger partial charge in [0, 0.05) is 11.3 Å². The Morgan fingerprint density at radius 3 is 2.59 bits per heavy atom. The highest BCUT2D eigenvalue weighted by molar-refractivity contribution is 6.20. The van der Waals surface area contributed by atoms with Crippen LogP contribution in [0.1, 0.15) is 21.5 Å². The van der Waals surface area contributed by atoms with Crippen LogP contribution in [0.2, 0.25) is 0 Å². The summed E-state index contributed by atoms with van der Waals surface area (Å²) in [5.41, 5.74) is -0.825. The van der Waals surface area contributed by atoms with Crippen molar-refractivity contribution < 1.29 is 19.1 Å². The van der Waals surface area contributed by atoms with Gasteiger partial charge in [0.2, 0.25) is 5.78 Å². The monoisotopic (exact) mass is 237 g/mol. The maximum absolute atomic E-state index is 14.1. The van der Waals surface area contributed by atoms with Crippen molar-refractivity contribution in [3.05, 3.63) is 28.8 Å². The van der Waals surface area contributed by atoms with Crippen LogP contribution >= 0.6 is 0 Å². The van der Waals surface area contributed by atoms with Crippen molar-refractivity contribution in [2.45, 2.75) is 19.5 Å². The molecule has 1 aliphatic rings. The van der Waals surface area contributed by atoms with Gasteiger partial charge in [0.05, 0.1) is 6.54 Å². The zero-order chi connectivity index (χ0) is 12.8. The van der Waals surface area contributed by atoms with Gasteiger partial charge in [-0.15, -0.1) is 0 Å². The number of Topliss-reactive ketones (excluding diaryl/α,β-unsaturated/α-hetero) is 1. The minimum atomic E-state index is -2.87. The van der Waals surface area contributed by atoms with Crippen LogP contribution in [0.5, 0.6) is 0 Å². The molecule has 17 heavy (non-hydrogen) atoms. The molecule has 1 heterocycles. The second-order valence-electron chi connectivity index (χ2n) is 4.24. The van der Waals surface area contributed by atoms with E-state index in [2.05, 4.69) is 5.32 Å². The number of fused-ring (bicyclic) bond motifs is 1. The third-order valence-corrected chi connectivity index (χ3v) is 3.06. The summed E-state index contributed by atoms with van der Waals surface area (Å²) in [5, 5.41) is 11.5. The molecule has 0 saturated carbocycles. The smallest absolute Gasteiger partial charge is 0.351 e. The third-order valence-electron chi connectivity index (χ3n) is 3.06. The molecular weight excluding hydrogens is 225 g/mol. The highest BCUT2D eigenvalue weighted by Gasteiger charge is 2.51. The number of carboxylic acid groups (broad SMARTS) is 1. The third kappa shape index (κ3) is 1.50. The Morgan fingerprint density at radius 1 is 1.41 bits per heavy atom. The second kappa shape index (κ2) is 3.55. The number of carboxylic acids is 1. The first-order chi connectivity index (χ1) is 7.88. The predicted molar refractivity (Wildman–Crippen MR) is 60.2 cm³/mol. The number of carbonyl (C=O) groups is 2. The van der Waals surface area contributed by atoms with E-state index in [0.717, 1.165) is 5.56 Å². The van der Waals surface area contributed by atoms with Crippen molar-refractivity contribution in [2.24, 2.45) is 0 Å². The largest absolute Gasteiger partial charge is 0.478 e. The maximum atomic E-state index is 14.1. The molecule has 5 heteroatoms. The molecule has 1 unspecified atom stereocenters. The van der Waals surface area contributed by atoms with Gasteiger partial charge in [-0.25, -0.2) is 9.18 Å². The molecule has 2 N–H and O–H groups in total. The van der Waals surface area contributed by atoms with Gasteiger partial charge in [-0.2, -0.15) is 0 Å².